The van der Waals surface area contributed by atoms with Crippen molar-refractivity contribution >= 4 is 11.8 Å². The fourth-order valence-corrected chi connectivity index (χ4v) is 3.51. The monoisotopic (exact) mass is 299 g/mol. The minimum Gasteiger partial charge on any atom is -0.493 e. The van der Waals surface area contributed by atoms with Crippen LogP contribution < -0.4 is 10.5 Å². The Morgan fingerprint density at radius 2 is 2.00 bits per heavy atom. The Hall–Kier alpha value is -1.45. The van der Waals surface area contributed by atoms with Crippen LogP contribution in [0.15, 0.2) is 53.4 Å². The van der Waals surface area contributed by atoms with E-state index in [0.29, 0.717) is 0 Å². The molecule has 2 aromatic carbocycles. The van der Waals surface area contributed by atoms with Crippen LogP contribution in [0.25, 0.3) is 0 Å². The number of aryl methyl sites for hydroxylation is 1. The molecule has 0 heterocycles. The molecule has 0 aromatic heterocycles. The van der Waals surface area contributed by atoms with Gasteiger partial charge < -0.3 is 10.5 Å². The Morgan fingerprint density at radius 3 is 2.86 bits per heavy atom. The Morgan fingerprint density at radius 1 is 1.14 bits per heavy atom. The summed E-state index contributed by atoms with van der Waals surface area (Å²) >= 11 is 1.82. The van der Waals surface area contributed by atoms with Gasteiger partial charge in [-0.3, -0.25) is 0 Å². The summed E-state index contributed by atoms with van der Waals surface area (Å²) in [5.74, 6) is 1.93. The second-order valence-electron chi connectivity index (χ2n) is 5.37. The smallest absolute Gasteiger partial charge is 0.119 e. The molecule has 1 aliphatic rings. The highest BCUT2D eigenvalue weighted by Crippen LogP contribution is 2.30. The maximum atomic E-state index is 6.14. The molecule has 110 valence electrons. The number of fused-ring (bicyclic) bond motifs is 1. The molecule has 0 spiro atoms. The molecule has 2 nitrogen and oxygen atoms in total. The lowest BCUT2D eigenvalue weighted by Crippen LogP contribution is -2.17. The van der Waals surface area contributed by atoms with Crippen molar-refractivity contribution in [3.63, 3.8) is 0 Å². The van der Waals surface area contributed by atoms with Gasteiger partial charge in [0, 0.05) is 16.7 Å². The molecule has 2 aromatic rings. The van der Waals surface area contributed by atoms with Crippen molar-refractivity contribution in [2.45, 2.75) is 30.2 Å². The first kappa shape index (κ1) is 14.5. The Bertz CT molecular complexity index is 585. The summed E-state index contributed by atoms with van der Waals surface area (Å²) in [4.78, 5) is 1.29. The van der Waals surface area contributed by atoms with Crippen LogP contribution >= 0.6 is 11.8 Å². The molecule has 2 N–H and O–H groups in total. The minimum absolute atomic E-state index is 0.205. The molecule has 3 rings (SSSR count). The molecular formula is C18H21NOS. The number of benzene rings is 2. The second-order valence-corrected chi connectivity index (χ2v) is 6.54. The van der Waals surface area contributed by atoms with Gasteiger partial charge in [-0.1, -0.05) is 24.3 Å². The summed E-state index contributed by atoms with van der Waals surface area (Å²) in [6.45, 7) is 0.727. The van der Waals surface area contributed by atoms with Crippen LogP contribution in [0, 0.1) is 0 Å². The van der Waals surface area contributed by atoms with Gasteiger partial charge in [0.1, 0.15) is 5.75 Å². The predicted octanol–water partition coefficient (Wildman–Crippen LogP) is 4.19. The van der Waals surface area contributed by atoms with Gasteiger partial charge in [0.15, 0.2) is 0 Å². The zero-order valence-corrected chi connectivity index (χ0v) is 12.9. The largest absolute Gasteiger partial charge is 0.493 e. The van der Waals surface area contributed by atoms with Gasteiger partial charge in [-0.15, -0.1) is 11.8 Å². The first-order valence-corrected chi connectivity index (χ1v) is 8.50. The molecule has 0 aliphatic heterocycles. The lowest BCUT2D eigenvalue weighted by molar-refractivity contribution is 0.343. The maximum absolute atomic E-state index is 6.14. The third-order valence-electron chi connectivity index (χ3n) is 3.84. The van der Waals surface area contributed by atoms with Crippen LogP contribution in [0.3, 0.4) is 0 Å². The van der Waals surface area contributed by atoms with E-state index in [2.05, 4.69) is 42.5 Å². The highest BCUT2D eigenvalue weighted by atomic mass is 32.2. The van der Waals surface area contributed by atoms with Crippen LogP contribution in [0.4, 0.5) is 0 Å². The minimum atomic E-state index is 0.205. The third-order valence-corrected chi connectivity index (χ3v) is 4.82. The summed E-state index contributed by atoms with van der Waals surface area (Å²) in [7, 11) is 0. The van der Waals surface area contributed by atoms with E-state index >= 15 is 0 Å². The molecule has 0 fully saturated rings. The van der Waals surface area contributed by atoms with E-state index in [4.69, 9.17) is 10.5 Å². The molecule has 21 heavy (non-hydrogen) atoms. The van der Waals surface area contributed by atoms with Crippen molar-refractivity contribution in [2.24, 2.45) is 5.73 Å². The molecule has 0 saturated carbocycles. The summed E-state index contributed by atoms with van der Waals surface area (Å²) in [6.07, 6.45) is 3.40. The average Bonchev–Trinajstić information content (AvgIpc) is 2.53. The van der Waals surface area contributed by atoms with E-state index in [1.165, 1.54) is 22.4 Å². The number of thioether (sulfide) groups is 1. The molecule has 0 amide bonds. The van der Waals surface area contributed by atoms with Crippen LogP contribution in [0.1, 0.15) is 30.0 Å². The molecule has 1 atom stereocenters. The van der Waals surface area contributed by atoms with Crippen molar-refractivity contribution < 1.29 is 4.74 Å². The average molecular weight is 299 g/mol. The van der Waals surface area contributed by atoms with Crippen molar-refractivity contribution in [2.75, 3.05) is 12.4 Å². The van der Waals surface area contributed by atoms with Crippen LogP contribution in [0.2, 0.25) is 0 Å². The highest BCUT2D eigenvalue weighted by Gasteiger charge is 2.16. The van der Waals surface area contributed by atoms with Gasteiger partial charge in [-0.2, -0.15) is 0 Å². The van der Waals surface area contributed by atoms with E-state index in [1.54, 1.807) is 0 Å². The van der Waals surface area contributed by atoms with Crippen LogP contribution in [0.5, 0.6) is 5.75 Å². The SMILES string of the molecule is NC1CCCc2cc(OCCSc3ccccc3)ccc21. The van der Waals surface area contributed by atoms with Crippen molar-refractivity contribution in [3.05, 3.63) is 59.7 Å². The van der Waals surface area contributed by atoms with Gasteiger partial charge in [0.05, 0.1) is 6.61 Å². The third kappa shape index (κ3) is 3.80. The number of hydrogen-bond donors (Lipinski definition) is 1. The normalized spacial score (nSPS) is 17.3. The molecule has 0 radical (unpaired) electrons. The molecular weight excluding hydrogens is 278 g/mol. The lowest BCUT2D eigenvalue weighted by Gasteiger charge is -2.22. The number of nitrogens with two attached hydrogens (primary N) is 1. The number of ether oxygens (including phenoxy) is 1. The summed E-state index contributed by atoms with van der Waals surface area (Å²) in [6, 6.07) is 17.0. The Kier molecular flexibility index (Phi) is 4.84. The zero-order chi connectivity index (χ0) is 14.5. The van der Waals surface area contributed by atoms with E-state index in [-0.39, 0.29) is 6.04 Å². The molecule has 0 bridgehead atoms. The molecule has 0 saturated heterocycles. The lowest BCUT2D eigenvalue weighted by atomic mass is 9.88. The second kappa shape index (κ2) is 7.01. The van der Waals surface area contributed by atoms with Crippen molar-refractivity contribution in [3.8, 4) is 5.75 Å². The quantitative estimate of drug-likeness (QED) is 0.664. The zero-order valence-electron chi connectivity index (χ0n) is 12.1. The van der Waals surface area contributed by atoms with Gasteiger partial charge >= 0.3 is 0 Å². The number of rotatable bonds is 5. The summed E-state index contributed by atoms with van der Waals surface area (Å²) in [5, 5.41) is 0. The van der Waals surface area contributed by atoms with E-state index < -0.39 is 0 Å². The van der Waals surface area contributed by atoms with Gasteiger partial charge in [0.25, 0.3) is 0 Å². The Labute approximate surface area is 130 Å². The fourth-order valence-electron chi connectivity index (χ4n) is 2.75. The standard InChI is InChI=1S/C18H21NOS/c19-18-8-4-5-14-13-15(9-10-17(14)18)20-11-12-21-16-6-2-1-3-7-16/h1-3,6-7,9-10,13,18H,4-5,8,11-12,19H2. The first-order valence-electron chi connectivity index (χ1n) is 7.52. The van der Waals surface area contributed by atoms with E-state index in [0.717, 1.165) is 31.0 Å². The van der Waals surface area contributed by atoms with Crippen molar-refractivity contribution in [1.82, 2.24) is 0 Å². The van der Waals surface area contributed by atoms with E-state index in [9.17, 15) is 0 Å². The topological polar surface area (TPSA) is 35.2 Å². The van der Waals surface area contributed by atoms with Gasteiger partial charge in [0.2, 0.25) is 0 Å². The summed E-state index contributed by atoms with van der Waals surface area (Å²) < 4.78 is 5.87. The molecule has 1 aliphatic carbocycles. The van der Waals surface area contributed by atoms with E-state index in [1.807, 2.05) is 17.8 Å². The van der Waals surface area contributed by atoms with Gasteiger partial charge in [-0.25, -0.2) is 0 Å². The molecule has 1 unspecified atom stereocenters. The molecule has 3 heteroatoms. The first-order chi connectivity index (χ1) is 10.3. The fraction of sp³-hybridized carbons (Fsp3) is 0.333. The van der Waals surface area contributed by atoms with Gasteiger partial charge in [-0.05, 0) is 54.7 Å². The van der Waals surface area contributed by atoms with Crippen molar-refractivity contribution in [1.29, 1.82) is 0 Å². The highest BCUT2D eigenvalue weighted by molar-refractivity contribution is 7.99. The summed E-state index contributed by atoms with van der Waals surface area (Å²) in [5.41, 5.74) is 8.80. The predicted molar refractivity (Wildman–Crippen MR) is 89.0 cm³/mol. The maximum Gasteiger partial charge on any atom is 0.119 e. The Balaban J connectivity index is 1.52. The van der Waals surface area contributed by atoms with Crippen LogP contribution in [-0.2, 0) is 6.42 Å². The number of hydrogen-bond acceptors (Lipinski definition) is 3. The van der Waals surface area contributed by atoms with Crippen LogP contribution in [-0.4, -0.2) is 12.4 Å².